The third kappa shape index (κ3) is 3.06. The van der Waals surface area contributed by atoms with Crippen LogP contribution in [0.2, 0.25) is 0 Å². The Hall–Kier alpha value is -3.68. The van der Waals surface area contributed by atoms with Crippen molar-refractivity contribution in [1.82, 2.24) is 9.88 Å². The number of H-pyrrole nitrogens is 1. The van der Waals surface area contributed by atoms with Crippen molar-refractivity contribution in [3.8, 4) is 0 Å². The molecule has 0 fully saturated rings. The van der Waals surface area contributed by atoms with Crippen molar-refractivity contribution in [1.29, 1.82) is 0 Å². The van der Waals surface area contributed by atoms with Crippen LogP contribution in [0.25, 0.3) is 21.8 Å². The van der Waals surface area contributed by atoms with Gasteiger partial charge in [-0.05, 0) is 48.4 Å². The van der Waals surface area contributed by atoms with Gasteiger partial charge < -0.3 is 9.88 Å². The van der Waals surface area contributed by atoms with Gasteiger partial charge in [-0.1, -0.05) is 6.07 Å². The lowest BCUT2D eigenvalue weighted by Crippen LogP contribution is -2.37. The lowest BCUT2D eigenvalue weighted by Gasteiger charge is -2.29. The van der Waals surface area contributed by atoms with Gasteiger partial charge >= 0.3 is 0 Å². The largest absolute Gasteiger partial charge is 0.354 e. The van der Waals surface area contributed by atoms with Gasteiger partial charge in [0.2, 0.25) is 0 Å². The number of hydrogen-bond acceptors (Lipinski definition) is 2. The summed E-state index contributed by atoms with van der Waals surface area (Å²) in [6.45, 7) is 0.0384. The number of nitrogens with one attached hydrogen (secondary N) is 1. The van der Waals surface area contributed by atoms with Crippen LogP contribution in [-0.2, 0) is 13.0 Å². The third-order valence-corrected chi connectivity index (χ3v) is 5.64. The van der Waals surface area contributed by atoms with Gasteiger partial charge in [0.15, 0.2) is 17.1 Å². The van der Waals surface area contributed by atoms with E-state index in [1.807, 2.05) is 0 Å². The fourth-order valence-electron chi connectivity index (χ4n) is 4.09. The van der Waals surface area contributed by atoms with Gasteiger partial charge in [-0.3, -0.25) is 9.59 Å². The van der Waals surface area contributed by atoms with E-state index in [4.69, 9.17) is 0 Å². The van der Waals surface area contributed by atoms with Gasteiger partial charge in [0.05, 0.1) is 11.1 Å². The average Bonchev–Trinajstić information content (AvgIpc) is 2.76. The van der Waals surface area contributed by atoms with Crippen LogP contribution in [0.1, 0.15) is 21.5 Å². The number of amides is 1. The molecule has 0 radical (unpaired) electrons. The average molecular weight is 426 g/mol. The fourth-order valence-corrected chi connectivity index (χ4v) is 4.09. The molecule has 8 heteroatoms. The molecule has 0 saturated carbocycles. The number of carbonyl (C=O) groups excluding carboxylic acids is 1. The van der Waals surface area contributed by atoms with Crippen LogP contribution in [0.15, 0.2) is 47.3 Å². The lowest BCUT2D eigenvalue weighted by atomic mass is 9.97. The number of benzene rings is 3. The van der Waals surface area contributed by atoms with Crippen molar-refractivity contribution >= 4 is 27.7 Å². The van der Waals surface area contributed by atoms with E-state index in [0.29, 0.717) is 12.0 Å². The minimum atomic E-state index is -1.01. The molecule has 0 bridgehead atoms. The zero-order valence-electron chi connectivity index (χ0n) is 15.9. The molecule has 1 aliphatic heterocycles. The Morgan fingerprint density at radius 2 is 1.71 bits per heavy atom. The molecular weight excluding hydrogens is 412 g/mol. The summed E-state index contributed by atoms with van der Waals surface area (Å²) in [6, 6.07) is 8.06. The SMILES string of the molecule is O=C(c1cc(F)cc2c(=O)c3cc(F)ccc3[nH]c12)N1CCc2ccc(F)c(F)c2C1. The summed E-state index contributed by atoms with van der Waals surface area (Å²) in [7, 11) is 0. The molecule has 1 aliphatic rings. The Morgan fingerprint density at radius 1 is 0.935 bits per heavy atom. The van der Waals surface area contributed by atoms with Crippen molar-refractivity contribution in [2.45, 2.75) is 13.0 Å². The molecule has 0 atom stereocenters. The minimum Gasteiger partial charge on any atom is -0.354 e. The molecule has 0 unspecified atom stereocenters. The summed E-state index contributed by atoms with van der Waals surface area (Å²) < 4.78 is 55.8. The zero-order chi connectivity index (χ0) is 21.9. The molecule has 1 aromatic heterocycles. The van der Waals surface area contributed by atoms with Crippen LogP contribution < -0.4 is 5.43 Å². The molecule has 0 spiro atoms. The van der Waals surface area contributed by atoms with Crippen LogP contribution in [0, 0.1) is 23.3 Å². The lowest BCUT2D eigenvalue weighted by molar-refractivity contribution is 0.0733. The Balaban J connectivity index is 1.65. The molecule has 1 amide bonds. The Morgan fingerprint density at radius 3 is 2.52 bits per heavy atom. The van der Waals surface area contributed by atoms with Crippen molar-refractivity contribution in [2.75, 3.05) is 6.54 Å². The van der Waals surface area contributed by atoms with Crippen molar-refractivity contribution in [2.24, 2.45) is 0 Å². The first-order chi connectivity index (χ1) is 14.8. The molecule has 31 heavy (non-hydrogen) atoms. The maximum Gasteiger partial charge on any atom is 0.256 e. The van der Waals surface area contributed by atoms with Gasteiger partial charge in [-0.15, -0.1) is 0 Å². The Bertz CT molecular complexity index is 1460. The van der Waals surface area contributed by atoms with Crippen LogP contribution >= 0.6 is 0 Å². The predicted octanol–water partition coefficient (Wildman–Crippen LogP) is 4.44. The maximum absolute atomic E-state index is 14.3. The summed E-state index contributed by atoms with van der Waals surface area (Å²) >= 11 is 0. The van der Waals surface area contributed by atoms with E-state index in [9.17, 15) is 27.2 Å². The molecule has 4 nitrogen and oxygen atoms in total. The molecular formula is C23H14F4N2O2. The number of aromatic amines is 1. The highest BCUT2D eigenvalue weighted by Gasteiger charge is 2.27. The third-order valence-electron chi connectivity index (χ3n) is 5.64. The quantitative estimate of drug-likeness (QED) is 0.362. The maximum atomic E-state index is 14.3. The summed E-state index contributed by atoms with van der Waals surface area (Å²) in [5.41, 5.74) is 0.341. The van der Waals surface area contributed by atoms with Crippen LogP contribution in [0.5, 0.6) is 0 Å². The summed E-state index contributed by atoms with van der Waals surface area (Å²) in [5.74, 6) is -4.08. The second-order valence-electron chi connectivity index (χ2n) is 7.50. The van der Waals surface area contributed by atoms with E-state index in [-0.39, 0.29) is 46.0 Å². The fraction of sp³-hybridized carbons (Fsp3) is 0.130. The highest BCUT2D eigenvalue weighted by Crippen LogP contribution is 2.27. The monoisotopic (exact) mass is 426 g/mol. The molecule has 4 aromatic rings. The van der Waals surface area contributed by atoms with Gasteiger partial charge in [0.25, 0.3) is 5.91 Å². The molecule has 1 N–H and O–H groups in total. The summed E-state index contributed by atoms with van der Waals surface area (Å²) in [5, 5.41) is -0.0722. The second-order valence-corrected chi connectivity index (χ2v) is 7.50. The standard InChI is InChI=1S/C23H14F4N2O2/c24-12-2-4-19-14(7-12)22(30)15-8-13(25)9-16(21(15)28-19)23(31)29-6-5-11-1-3-18(26)20(27)17(11)10-29/h1-4,7-9H,5-6,10H2,(H,28,30). The Kier molecular flexibility index (Phi) is 4.32. The smallest absolute Gasteiger partial charge is 0.256 e. The number of nitrogens with zero attached hydrogens (tertiary/aromatic N) is 1. The van der Waals surface area contributed by atoms with Crippen LogP contribution in [-0.4, -0.2) is 22.3 Å². The second kappa shape index (κ2) is 6.94. The first-order valence-corrected chi connectivity index (χ1v) is 9.53. The van der Waals surface area contributed by atoms with Crippen molar-refractivity contribution in [3.63, 3.8) is 0 Å². The number of carbonyl (C=O) groups is 1. The Labute approximate surface area is 172 Å². The number of rotatable bonds is 1. The van der Waals surface area contributed by atoms with Gasteiger partial charge in [0, 0.05) is 34.9 Å². The van der Waals surface area contributed by atoms with E-state index in [1.165, 1.54) is 17.0 Å². The van der Waals surface area contributed by atoms with Gasteiger partial charge in [-0.25, -0.2) is 17.6 Å². The number of hydrogen-bond donors (Lipinski definition) is 1. The van der Waals surface area contributed by atoms with Crippen LogP contribution in [0.3, 0.4) is 0 Å². The molecule has 156 valence electrons. The van der Waals surface area contributed by atoms with E-state index in [1.54, 1.807) is 0 Å². The van der Waals surface area contributed by atoms with E-state index >= 15 is 0 Å². The number of aromatic nitrogens is 1. The molecule has 3 aromatic carbocycles. The predicted molar refractivity (Wildman–Crippen MR) is 107 cm³/mol. The zero-order valence-corrected chi connectivity index (χ0v) is 15.9. The van der Waals surface area contributed by atoms with E-state index < -0.39 is 34.6 Å². The van der Waals surface area contributed by atoms with Gasteiger partial charge in [-0.2, -0.15) is 0 Å². The van der Waals surface area contributed by atoms with E-state index in [0.717, 1.165) is 30.3 Å². The summed E-state index contributed by atoms with van der Waals surface area (Å²) in [4.78, 5) is 30.3. The molecule has 5 rings (SSSR count). The van der Waals surface area contributed by atoms with Crippen molar-refractivity contribution in [3.05, 3.63) is 92.6 Å². The molecule has 0 aliphatic carbocycles. The minimum absolute atomic E-state index is 0.0287. The van der Waals surface area contributed by atoms with E-state index in [2.05, 4.69) is 4.98 Å². The normalized spacial score (nSPS) is 13.6. The number of pyridine rings is 1. The molecule has 0 saturated heterocycles. The van der Waals surface area contributed by atoms with Crippen molar-refractivity contribution < 1.29 is 22.4 Å². The number of halogens is 4. The van der Waals surface area contributed by atoms with Gasteiger partial charge in [0.1, 0.15) is 11.6 Å². The highest BCUT2D eigenvalue weighted by atomic mass is 19.2. The summed E-state index contributed by atoms with van der Waals surface area (Å²) in [6.07, 6.45) is 0.310. The first kappa shape index (κ1) is 19.3. The number of fused-ring (bicyclic) bond motifs is 3. The topological polar surface area (TPSA) is 53.2 Å². The van der Waals surface area contributed by atoms with Crippen LogP contribution in [0.4, 0.5) is 17.6 Å². The molecule has 2 heterocycles. The highest BCUT2D eigenvalue weighted by molar-refractivity contribution is 6.07. The first-order valence-electron chi connectivity index (χ1n) is 9.53.